The van der Waals surface area contributed by atoms with Crippen molar-refractivity contribution < 1.29 is 14.2 Å². The van der Waals surface area contributed by atoms with Crippen LogP contribution in [0.3, 0.4) is 0 Å². The van der Waals surface area contributed by atoms with E-state index in [2.05, 4.69) is 40.5 Å². The summed E-state index contributed by atoms with van der Waals surface area (Å²) in [6.07, 6.45) is 8.64. The maximum Gasteiger partial charge on any atom is 0.177 e. The molecular formula is C26H33IN6O3. The van der Waals surface area contributed by atoms with E-state index in [-0.39, 0.29) is 6.23 Å². The number of ether oxygens (including phenoxy) is 3. The Balaban J connectivity index is 1.37. The molecule has 5 atom stereocenters. The molecule has 4 saturated heterocycles. The number of hydrogen-bond acceptors (Lipinski definition) is 7. The van der Waals surface area contributed by atoms with Crippen LogP contribution in [0.4, 0.5) is 5.82 Å². The number of fused-ring (bicyclic) bond motifs is 3. The number of rotatable bonds is 4. The van der Waals surface area contributed by atoms with Gasteiger partial charge in [-0.1, -0.05) is 6.92 Å². The van der Waals surface area contributed by atoms with Gasteiger partial charge in [-0.05, 0) is 84.6 Å². The van der Waals surface area contributed by atoms with Crippen LogP contribution in [0.1, 0.15) is 63.2 Å². The molecule has 0 saturated carbocycles. The topological polar surface area (TPSA) is 79.5 Å². The molecule has 0 spiro atoms. The summed E-state index contributed by atoms with van der Waals surface area (Å²) in [6.45, 7) is 6.25. The lowest BCUT2D eigenvalue weighted by Gasteiger charge is -2.36. The van der Waals surface area contributed by atoms with Gasteiger partial charge in [0.05, 0.1) is 30.7 Å². The van der Waals surface area contributed by atoms with Gasteiger partial charge in [0.2, 0.25) is 0 Å². The number of nitrogens with zero attached hydrogens (tertiary/aromatic N) is 6. The highest BCUT2D eigenvalue weighted by atomic mass is 127. The molecule has 0 aliphatic carbocycles. The molecule has 0 aromatic carbocycles. The zero-order chi connectivity index (χ0) is 24.2. The molecule has 3 aromatic rings. The molecule has 0 N–H and O–H groups in total. The Labute approximate surface area is 224 Å². The van der Waals surface area contributed by atoms with Gasteiger partial charge in [0, 0.05) is 32.1 Å². The first kappa shape index (κ1) is 23.4. The fourth-order valence-corrected chi connectivity index (χ4v) is 7.32. The third-order valence-electron chi connectivity index (χ3n) is 8.42. The smallest absolute Gasteiger partial charge is 0.177 e. The zero-order valence-electron chi connectivity index (χ0n) is 20.7. The molecule has 0 amide bonds. The molecule has 9 nitrogen and oxygen atoms in total. The highest BCUT2D eigenvalue weighted by Gasteiger charge is 2.39. The third-order valence-corrected chi connectivity index (χ3v) is 9.17. The van der Waals surface area contributed by atoms with Crippen molar-refractivity contribution in [2.75, 3.05) is 37.9 Å². The molecular weight excluding hydrogens is 571 g/mol. The van der Waals surface area contributed by atoms with E-state index in [1.165, 1.54) is 12.0 Å². The molecule has 192 valence electrons. The molecule has 0 radical (unpaired) electrons. The molecule has 4 aliphatic rings. The van der Waals surface area contributed by atoms with Crippen molar-refractivity contribution in [1.82, 2.24) is 24.5 Å². The number of hydrogen-bond donors (Lipinski definition) is 0. The fourth-order valence-electron chi connectivity index (χ4n) is 6.55. The highest BCUT2D eigenvalue weighted by molar-refractivity contribution is 14.1. The lowest BCUT2D eigenvalue weighted by molar-refractivity contribution is -0.0395. The van der Waals surface area contributed by atoms with Crippen molar-refractivity contribution in [3.8, 4) is 5.82 Å². The summed E-state index contributed by atoms with van der Waals surface area (Å²) in [5.41, 5.74) is 2.24. The van der Waals surface area contributed by atoms with Crippen LogP contribution in [0.15, 0.2) is 18.3 Å². The maximum atomic E-state index is 5.97. The lowest BCUT2D eigenvalue weighted by Crippen LogP contribution is -2.46. The Bertz CT molecular complexity index is 1240. The number of pyridine rings is 1. The molecule has 3 aromatic heterocycles. The summed E-state index contributed by atoms with van der Waals surface area (Å²) in [5.74, 6) is 2.71. The Hall–Kier alpha value is -1.76. The van der Waals surface area contributed by atoms with Crippen LogP contribution in [-0.4, -0.2) is 69.7 Å². The Morgan fingerprint density at radius 2 is 1.81 bits per heavy atom. The molecule has 5 unspecified atom stereocenters. The van der Waals surface area contributed by atoms with E-state index in [1.54, 1.807) is 0 Å². The van der Waals surface area contributed by atoms with Crippen molar-refractivity contribution >= 4 is 39.4 Å². The fraction of sp³-hybridized carbons (Fsp3) is 0.654. The normalized spacial score (nSPS) is 30.8. The van der Waals surface area contributed by atoms with Gasteiger partial charge < -0.3 is 19.1 Å². The monoisotopic (exact) mass is 604 g/mol. The second-order valence-electron chi connectivity index (χ2n) is 10.7. The predicted molar refractivity (Wildman–Crippen MR) is 144 cm³/mol. The summed E-state index contributed by atoms with van der Waals surface area (Å²) >= 11 is 2.38. The van der Waals surface area contributed by atoms with Gasteiger partial charge in [0.15, 0.2) is 11.5 Å². The van der Waals surface area contributed by atoms with Gasteiger partial charge in [-0.15, -0.1) is 0 Å². The minimum absolute atomic E-state index is 0.000424. The van der Waals surface area contributed by atoms with Crippen molar-refractivity contribution in [3.05, 3.63) is 27.6 Å². The van der Waals surface area contributed by atoms with Gasteiger partial charge in [-0.25, -0.2) is 9.67 Å². The number of morpholine rings is 1. The quantitative estimate of drug-likeness (QED) is 0.408. The van der Waals surface area contributed by atoms with Crippen LogP contribution >= 0.6 is 22.6 Å². The Kier molecular flexibility index (Phi) is 6.18. The number of anilines is 1. The Morgan fingerprint density at radius 3 is 2.58 bits per heavy atom. The van der Waals surface area contributed by atoms with Crippen LogP contribution in [0.25, 0.3) is 16.9 Å². The van der Waals surface area contributed by atoms with Crippen LogP contribution in [0, 0.1) is 9.62 Å². The first-order valence-electron chi connectivity index (χ1n) is 13.4. The van der Waals surface area contributed by atoms with Gasteiger partial charge in [-0.2, -0.15) is 14.9 Å². The van der Waals surface area contributed by atoms with E-state index in [4.69, 9.17) is 29.4 Å². The van der Waals surface area contributed by atoms with E-state index >= 15 is 0 Å². The summed E-state index contributed by atoms with van der Waals surface area (Å²) < 4.78 is 22.5. The average molecular weight is 604 g/mol. The van der Waals surface area contributed by atoms with Crippen molar-refractivity contribution in [2.24, 2.45) is 5.92 Å². The van der Waals surface area contributed by atoms with Crippen molar-refractivity contribution in [1.29, 1.82) is 0 Å². The lowest BCUT2D eigenvalue weighted by atomic mass is 9.83. The second-order valence-corrected chi connectivity index (χ2v) is 11.7. The molecule has 4 aliphatic heterocycles. The Morgan fingerprint density at radius 1 is 0.944 bits per heavy atom. The van der Waals surface area contributed by atoms with Gasteiger partial charge >= 0.3 is 0 Å². The van der Waals surface area contributed by atoms with E-state index in [0.29, 0.717) is 23.9 Å². The molecule has 10 heteroatoms. The second kappa shape index (κ2) is 9.52. The van der Waals surface area contributed by atoms with Crippen molar-refractivity contribution in [3.63, 3.8) is 0 Å². The van der Waals surface area contributed by atoms with Crippen LogP contribution in [0.5, 0.6) is 0 Å². The summed E-state index contributed by atoms with van der Waals surface area (Å²) in [7, 11) is 0. The largest absolute Gasteiger partial charge is 0.381 e. The summed E-state index contributed by atoms with van der Waals surface area (Å²) in [4.78, 5) is 7.82. The molecule has 7 heterocycles. The standard InChI is InChI=1S/C26H33IN6O3/c1-16-13-34-11-8-19(16)20-12-22(32-17-5-6-18(32)15-35-14-17)28-26-24(20)25(27)30-33(26)21-7-9-31(29-21)23-4-2-3-10-36-23/h7,9,12,16-19,23H,2-6,8,10-11,13-15H2,1H3. The third kappa shape index (κ3) is 3.95. The highest BCUT2D eigenvalue weighted by Crippen LogP contribution is 2.42. The average Bonchev–Trinajstić information content (AvgIpc) is 3.59. The zero-order valence-corrected chi connectivity index (χ0v) is 22.8. The maximum absolute atomic E-state index is 5.97. The van der Waals surface area contributed by atoms with Gasteiger partial charge in [0.25, 0.3) is 0 Å². The molecule has 7 rings (SSSR count). The van der Waals surface area contributed by atoms with E-state index in [1.807, 2.05) is 21.6 Å². The molecule has 4 fully saturated rings. The van der Waals surface area contributed by atoms with E-state index in [9.17, 15) is 0 Å². The van der Waals surface area contributed by atoms with E-state index in [0.717, 1.165) is 91.5 Å². The van der Waals surface area contributed by atoms with Crippen molar-refractivity contribution in [2.45, 2.75) is 69.7 Å². The SMILES string of the molecule is CC1COCCC1c1cc(N2C3CCC2COC3)nc2c1c(I)nn2-c1ccn(C2CCCCO2)n1. The van der Waals surface area contributed by atoms with Gasteiger partial charge in [0.1, 0.15) is 15.7 Å². The number of aromatic nitrogens is 5. The summed E-state index contributed by atoms with van der Waals surface area (Å²) in [5, 5.41) is 11.0. The number of halogens is 1. The predicted octanol–water partition coefficient (Wildman–Crippen LogP) is 4.43. The minimum Gasteiger partial charge on any atom is -0.381 e. The minimum atomic E-state index is -0.000424. The molecule has 2 bridgehead atoms. The summed E-state index contributed by atoms with van der Waals surface area (Å²) in [6, 6.07) is 5.18. The van der Waals surface area contributed by atoms with Gasteiger partial charge in [-0.3, -0.25) is 0 Å². The van der Waals surface area contributed by atoms with Crippen LogP contribution < -0.4 is 4.90 Å². The first-order chi connectivity index (χ1) is 17.7. The van der Waals surface area contributed by atoms with Crippen LogP contribution in [0.2, 0.25) is 0 Å². The van der Waals surface area contributed by atoms with E-state index < -0.39 is 0 Å². The first-order valence-corrected chi connectivity index (χ1v) is 14.5. The molecule has 36 heavy (non-hydrogen) atoms. The van der Waals surface area contributed by atoms with Crippen LogP contribution in [-0.2, 0) is 14.2 Å².